The smallest absolute Gasteiger partial charge is 0.133 e. The molecule has 1 aromatic carbocycles. The summed E-state index contributed by atoms with van der Waals surface area (Å²) in [7, 11) is 3.30. The minimum Gasteiger partial charge on any atom is -0.496 e. The first kappa shape index (κ1) is 11.5. The summed E-state index contributed by atoms with van der Waals surface area (Å²) in [5.41, 5.74) is 7.76. The third-order valence-corrected chi connectivity index (χ3v) is 2.61. The minimum atomic E-state index is 0.501. The highest BCUT2D eigenvalue weighted by Gasteiger charge is 2.07. The molecule has 2 N–H and O–H groups in total. The van der Waals surface area contributed by atoms with Gasteiger partial charge in [0.2, 0.25) is 0 Å². The van der Waals surface area contributed by atoms with E-state index in [0.717, 1.165) is 21.3 Å². The van der Waals surface area contributed by atoms with E-state index in [2.05, 4.69) is 15.9 Å². The predicted octanol–water partition coefficient (Wildman–Crippen LogP) is 2.06. The van der Waals surface area contributed by atoms with Crippen molar-refractivity contribution in [2.24, 2.45) is 5.73 Å². The number of rotatable bonds is 4. The zero-order chi connectivity index (χ0) is 10.6. The molecule has 0 saturated carbocycles. The standard InChI is InChI=1S/C10H14BrNO2/c1-13-6-8-4-10(14-2)9(11)3-7(8)5-12/h3-4H,5-6,12H2,1-2H3. The summed E-state index contributed by atoms with van der Waals surface area (Å²) in [5, 5.41) is 0. The molecule has 14 heavy (non-hydrogen) atoms. The monoisotopic (exact) mass is 259 g/mol. The molecule has 4 heteroatoms. The molecule has 0 fully saturated rings. The van der Waals surface area contributed by atoms with E-state index in [1.54, 1.807) is 14.2 Å². The van der Waals surface area contributed by atoms with Crippen molar-refractivity contribution in [3.8, 4) is 5.75 Å². The van der Waals surface area contributed by atoms with Crippen molar-refractivity contribution < 1.29 is 9.47 Å². The largest absolute Gasteiger partial charge is 0.496 e. The predicted molar refractivity (Wildman–Crippen MR) is 59.3 cm³/mol. The topological polar surface area (TPSA) is 44.5 Å². The molecule has 0 aromatic heterocycles. The molecule has 0 amide bonds. The second-order valence-corrected chi connectivity index (χ2v) is 3.75. The normalized spacial score (nSPS) is 10.3. The van der Waals surface area contributed by atoms with Crippen molar-refractivity contribution in [2.45, 2.75) is 13.2 Å². The molecule has 0 unspecified atom stereocenters. The van der Waals surface area contributed by atoms with Gasteiger partial charge in [0.1, 0.15) is 5.75 Å². The maximum absolute atomic E-state index is 5.62. The van der Waals surface area contributed by atoms with E-state index >= 15 is 0 Å². The third kappa shape index (κ3) is 2.47. The lowest BCUT2D eigenvalue weighted by Gasteiger charge is -2.11. The lowest BCUT2D eigenvalue weighted by atomic mass is 10.1. The van der Waals surface area contributed by atoms with E-state index in [4.69, 9.17) is 15.2 Å². The highest BCUT2D eigenvalue weighted by Crippen LogP contribution is 2.28. The Kier molecular flexibility index (Phi) is 4.38. The van der Waals surface area contributed by atoms with E-state index in [-0.39, 0.29) is 0 Å². The van der Waals surface area contributed by atoms with Crippen molar-refractivity contribution in [1.82, 2.24) is 0 Å². The molecule has 0 aliphatic rings. The highest BCUT2D eigenvalue weighted by molar-refractivity contribution is 9.10. The Hall–Kier alpha value is -0.580. The molecule has 0 aliphatic carbocycles. The highest BCUT2D eigenvalue weighted by atomic mass is 79.9. The van der Waals surface area contributed by atoms with Crippen LogP contribution in [0.4, 0.5) is 0 Å². The van der Waals surface area contributed by atoms with E-state index < -0.39 is 0 Å². The molecule has 0 bridgehead atoms. The molecule has 1 aromatic rings. The lowest BCUT2D eigenvalue weighted by Crippen LogP contribution is -2.03. The average Bonchev–Trinajstić information content (AvgIpc) is 2.20. The number of methoxy groups -OCH3 is 2. The van der Waals surface area contributed by atoms with Crippen molar-refractivity contribution in [1.29, 1.82) is 0 Å². The Balaban J connectivity index is 3.11. The average molecular weight is 260 g/mol. The number of nitrogens with two attached hydrogens (primary N) is 1. The Morgan fingerprint density at radius 3 is 2.50 bits per heavy atom. The summed E-state index contributed by atoms with van der Waals surface area (Å²) in [5.74, 6) is 0.800. The molecule has 0 atom stereocenters. The van der Waals surface area contributed by atoms with Crippen LogP contribution in [0.2, 0.25) is 0 Å². The second-order valence-electron chi connectivity index (χ2n) is 2.89. The van der Waals surface area contributed by atoms with Crippen LogP contribution < -0.4 is 10.5 Å². The maximum Gasteiger partial charge on any atom is 0.133 e. The van der Waals surface area contributed by atoms with Crippen LogP contribution in [0.15, 0.2) is 16.6 Å². The first-order valence-electron chi connectivity index (χ1n) is 4.27. The SMILES string of the molecule is COCc1cc(OC)c(Br)cc1CN. The molecule has 0 aliphatic heterocycles. The number of hydrogen-bond acceptors (Lipinski definition) is 3. The molecule has 0 saturated heterocycles. The molecule has 0 spiro atoms. The summed E-state index contributed by atoms with van der Waals surface area (Å²) in [6.07, 6.45) is 0. The fourth-order valence-corrected chi connectivity index (χ4v) is 1.83. The van der Waals surface area contributed by atoms with Crippen LogP contribution in [-0.4, -0.2) is 14.2 Å². The summed E-state index contributed by atoms with van der Waals surface area (Å²) < 4.78 is 11.2. The van der Waals surface area contributed by atoms with Crippen LogP contribution >= 0.6 is 15.9 Å². The van der Waals surface area contributed by atoms with Gasteiger partial charge in [-0.05, 0) is 39.2 Å². The summed E-state index contributed by atoms with van der Waals surface area (Å²) in [6.45, 7) is 1.05. The third-order valence-electron chi connectivity index (χ3n) is 1.99. The van der Waals surface area contributed by atoms with Gasteiger partial charge in [0.25, 0.3) is 0 Å². The number of hydrogen-bond donors (Lipinski definition) is 1. The van der Waals surface area contributed by atoms with Gasteiger partial charge in [-0.25, -0.2) is 0 Å². The fourth-order valence-electron chi connectivity index (χ4n) is 1.27. The number of benzene rings is 1. The van der Waals surface area contributed by atoms with Gasteiger partial charge in [-0.15, -0.1) is 0 Å². The number of ether oxygens (including phenoxy) is 2. The van der Waals surface area contributed by atoms with Gasteiger partial charge >= 0.3 is 0 Å². The van der Waals surface area contributed by atoms with Crippen LogP contribution in [0.5, 0.6) is 5.75 Å². The molecule has 1 rings (SSSR count). The fraction of sp³-hybridized carbons (Fsp3) is 0.400. The first-order valence-corrected chi connectivity index (χ1v) is 5.06. The molecule has 3 nitrogen and oxygen atoms in total. The van der Waals surface area contributed by atoms with Crippen LogP contribution in [0.25, 0.3) is 0 Å². The van der Waals surface area contributed by atoms with E-state index in [1.165, 1.54) is 0 Å². The van der Waals surface area contributed by atoms with E-state index in [9.17, 15) is 0 Å². The zero-order valence-corrected chi connectivity index (χ0v) is 9.93. The van der Waals surface area contributed by atoms with E-state index in [0.29, 0.717) is 13.2 Å². The molecule has 0 heterocycles. The zero-order valence-electron chi connectivity index (χ0n) is 8.34. The quantitative estimate of drug-likeness (QED) is 0.901. The van der Waals surface area contributed by atoms with Gasteiger partial charge in [0.05, 0.1) is 18.2 Å². The van der Waals surface area contributed by atoms with Gasteiger partial charge in [-0.2, -0.15) is 0 Å². The van der Waals surface area contributed by atoms with E-state index in [1.807, 2.05) is 12.1 Å². The Bertz CT molecular complexity index is 315. The molecule has 78 valence electrons. The van der Waals surface area contributed by atoms with Crippen LogP contribution in [0, 0.1) is 0 Å². The number of halogens is 1. The molecular formula is C10H14BrNO2. The summed E-state index contributed by atoms with van der Waals surface area (Å²) in [4.78, 5) is 0. The van der Waals surface area contributed by atoms with Crippen LogP contribution in [0.1, 0.15) is 11.1 Å². The van der Waals surface area contributed by atoms with Crippen molar-refractivity contribution >= 4 is 15.9 Å². The first-order chi connectivity index (χ1) is 6.72. The van der Waals surface area contributed by atoms with Crippen LogP contribution in [-0.2, 0) is 17.9 Å². The van der Waals surface area contributed by atoms with Gasteiger partial charge in [-0.3, -0.25) is 0 Å². The minimum absolute atomic E-state index is 0.501. The van der Waals surface area contributed by atoms with Crippen molar-refractivity contribution in [3.05, 3.63) is 27.7 Å². The second kappa shape index (κ2) is 5.34. The Morgan fingerprint density at radius 1 is 1.29 bits per heavy atom. The van der Waals surface area contributed by atoms with Gasteiger partial charge < -0.3 is 15.2 Å². The van der Waals surface area contributed by atoms with Crippen LogP contribution in [0.3, 0.4) is 0 Å². The Morgan fingerprint density at radius 2 is 2.00 bits per heavy atom. The van der Waals surface area contributed by atoms with Gasteiger partial charge in [0.15, 0.2) is 0 Å². The van der Waals surface area contributed by atoms with Crippen molar-refractivity contribution in [2.75, 3.05) is 14.2 Å². The Labute approximate surface area is 92.3 Å². The van der Waals surface area contributed by atoms with Crippen molar-refractivity contribution in [3.63, 3.8) is 0 Å². The maximum atomic E-state index is 5.62. The summed E-state index contributed by atoms with van der Waals surface area (Å²) >= 11 is 3.41. The molecular weight excluding hydrogens is 246 g/mol. The lowest BCUT2D eigenvalue weighted by molar-refractivity contribution is 0.184. The van der Waals surface area contributed by atoms with Gasteiger partial charge in [-0.1, -0.05) is 0 Å². The summed E-state index contributed by atoms with van der Waals surface area (Å²) in [6, 6.07) is 3.91. The van der Waals surface area contributed by atoms with Gasteiger partial charge in [0, 0.05) is 13.7 Å². The molecule has 0 radical (unpaired) electrons.